The van der Waals surface area contributed by atoms with Crippen molar-refractivity contribution in [3.8, 4) is 0 Å². The molecule has 0 aliphatic rings. The van der Waals surface area contributed by atoms with E-state index in [9.17, 15) is 18.4 Å². The third-order valence-electron chi connectivity index (χ3n) is 3.95. The highest BCUT2D eigenvalue weighted by Gasteiger charge is 2.25. The van der Waals surface area contributed by atoms with E-state index in [1.165, 1.54) is 11.0 Å². The van der Waals surface area contributed by atoms with Crippen molar-refractivity contribution in [3.05, 3.63) is 57.9 Å². The van der Waals surface area contributed by atoms with Crippen LogP contribution in [0.15, 0.2) is 18.2 Å². The monoisotopic (exact) mass is 364 g/mol. The van der Waals surface area contributed by atoms with Crippen LogP contribution in [0.1, 0.15) is 51.5 Å². The number of halogens is 2. The van der Waals surface area contributed by atoms with E-state index in [1.807, 2.05) is 0 Å². The summed E-state index contributed by atoms with van der Waals surface area (Å²) in [5, 5.41) is 0. The van der Waals surface area contributed by atoms with E-state index in [2.05, 4.69) is 4.98 Å². The van der Waals surface area contributed by atoms with Crippen molar-refractivity contribution in [3.63, 3.8) is 0 Å². The summed E-state index contributed by atoms with van der Waals surface area (Å²) in [4.78, 5) is 29.2. The fourth-order valence-electron chi connectivity index (χ4n) is 2.72. The molecule has 1 aromatic heterocycles. The fourth-order valence-corrected chi connectivity index (χ4v) is 2.72. The highest BCUT2D eigenvalue weighted by atomic mass is 19.2. The van der Waals surface area contributed by atoms with Crippen LogP contribution in [0.4, 0.5) is 8.78 Å². The number of H-pyrrole nitrogens is 1. The lowest BCUT2D eigenvalue weighted by atomic mass is 10.1. The van der Waals surface area contributed by atoms with Crippen LogP contribution in [0.25, 0.3) is 0 Å². The first-order valence-corrected chi connectivity index (χ1v) is 8.21. The Morgan fingerprint density at radius 3 is 2.42 bits per heavy atom. The van der Waals surface area contributed by atoms with E-state index in [0.29, 0.717) is 22.4 Å². The first-order valence-electron chi connectivity index (χ1n) is 8.21. The van der Waals surface area contributed by atoms with E-state index in [4.69, 9.17) is 4.74 Å². The third-order valence-corrected chi connectivity index (χ3v) is 3.95. The minimum Gasteiger partial charge on any atom is -0.459 e. The average molecular weight is 364 g/mol. The van der Waals surface area contributed by atoms with Crippen LogP contribution in [0.5, 0.6) is 0 Å². The molecule has 0 unspecified atom stereocenters. The smallest absolute Gasteiger partial charge is 0.340 e. The maximum absolute atomic E-state index is 13.3. The third kappa shape index (κ3) is 4.09. The van der Waals surface area contributed by atoms with Gasteiger partial charge in [-0.1, -0.05) is 6.07 Å². The number of aromatic amines is 1. The summed E-state index contributed by atoms with van der Waals surface area (Å²) in [5.41, 5.74) is 2.10. The first-order chi connectivity index (χ1) is 12.1. The SMILES string of the molecule is Cc1[nH]c(C(=O)N(C)Cc2ccc(F)c(F)c2)c(C)c1C(=O)OC(C)C. The summed E-state index contributed by atoms with van der Waals surface area (Å²) in [7, 11) is 1.55. The molecule has 0 saturated heterocycles. The molecule has 1 heterocycles. The van der Waals surface area contributed by atoms with E-state index in [-0.39, 0.29) is 24.2 Å². The number of amides is 1. The number of carbonyl (C=O) groups excluding carboxylic acids is 2. The number of esters is 1. The molecule has 0 aliphatic carbocycles. The molecule has 1 amide bonds. The van der Waals surface area contributed by atoms with Crippen LogP contribution < -0.4 is 0 Å². The van der Waals surface area contributed by atoms with E-state index in [1.54, 1.807) is 34.7 Å². The lowest BCUT2D eigenvalue weighted by molar-refractivity contribution is 0.0376. The zero-order valence-electron chi connectivity index (χ0n) is 15.4. The van der Waals surface area contributed by atoms with Crippen LogP contribution in [0, 0.1) is 25.5 Å². The molecule has 26 heavy (non-hydrogen) atoms. The lowest BCUT2D eigenvalue weighted by Crippen LogP contribution is -2.27. The highest BCUT2D eigenvalue weighted by molar-refractivity contribution is 6.00. The number of carbonyl (C=O) groups is 2. The predicted octanol–water partition coefficient (Wildman–Crippen LogP) is 3.75. The van der Waals surface area contributed by atoms with Gasteiger partial charge in [-0.25, -0.2) is 13.6 Å². The van der Waals surface area contributed by atoms with Gasteiger partial charge in [0, 0.05) is 19.3 Å². The maximum Gasteiger partial charge on any atom is 0.340 e. The molecular weight excluding hydrogens is 342 g/mol. The van der Waals surface area contributed by atoms with Crippen LogP contribution in [-0.2, 0) is 11.3 Å². The van der Waals surface area contributed by atoms with Gasteiger partial charge in [-0.05, 0) is 51.0 Å². The number of aromatic nitrogens is 1. The molecule has 1 aromatic carbocycles. The largest absolute Gasteiger partial charge is 0.459 e. The van der Waals surface area contributed by atoms with Crippen LogP contribution >= 0.6 is 0 Å². The Morgan fingerprint density at radius 1 is 1.19 bits per heavy atom. The van der Waals surface area contributed by atoms with Crippen molar-refractivity contribution < 1.29 is 23.1 Å². The van der Waals surface area contributed by atoms with Gasteiger partial charge < -0.3 is 14.6 Å². The molecule has 1 N–H and O–H groups in total. The predicted molar refractivity (Wildman–Crippen MR) is 93.0 cm³/mol. The Balaban J connectivity index is 2.23. The molecule has 2 rings (SSSR count). The molecular formula is C19H22F2N2O3. The Hall–Kier alpha value is -2.70. The van der Waals surface area contributed by atoms with Gasteiger partial charge in [-0.2, -0.15) is 0 Å². The van der Waals surface area contributed by atoms with Gasteiger partial charge >= 0.3 is 5.97 Å². The van der Waals surface area contributed by atoms with Gasteiger partial charge in [0.05, 0.1) is 11.7 Å². The van der Waals surface area contributed by atoms with E-state index < -0.39 is 17.6 Å². The van der Waals surface area contributed by atoms with Gasteiger partial charge in [0.25, 0.3) is 5.91 Å². The highest BCUT2D eigenvalue weighted by Crippen LogP contribution is 2.21. The molecule has 2 aromatic rings. The molecule has 0 radical (unpaired) electrons. The number of nitrogens with one attached hydrogen (secondary N) is 1. The zero-order chi connectivity index (χ0) is 19.6. The van der Waals surface area contributed by atoms with Crippen molar-refractivity contribution in [1.29, 1.82) is 0 Å². The van der Waals surface area contributed by atoms with Gasteiger partial charge in [-0.15, -0.1) is 0 Å². The van der Waals surface area contributed by atoms with Crippen molar-refractivity contribution >= 4 is 11.9 Å². The summed E-state index contributed by atoms with van der Waals surface area (Å²) >= 11 is 0. The van der Waals surface area contributed by atoms with E-state index in [0.717, 1.165) is 12.1 Å². The molecule has 140 valence electrons. The summed E-state index contributed by atoms with van der Waals surface area (Å²) in [6.45, 7) is 6.95. The molecule has 0 fully saturated rings. The summed E-state index contributed by atoms with van der Waals surface area (Å²) < 4.78 is 31.6. The normalized spacial score (nSPS) is 10.9. The van der Waals surface area contributed by atoms with Crippen LogP contribution in [0.2, 0.25) is 0 Å². The van der Waals surface area contributed by atoms with Crippen molar-refractivity contribution in [1.82, 2.24) is 9.88 Å². The zero-order valence-corrected chi connectivity index (χ0v) is 15.4. The molecule has 0 atom stereocenters. The van der Waals surface area contributed by atoms with Crippen molar-refractivity contribution in [2.75, 3.05) is 7.05 Å². The molecule has 5 nitrogen and oxygen atoms in total. The molecule has 0 spiro atoms. The fraction of sp³-hybridized carbons (Fsp3) is 0.368. The number of nitrogens with zero attached hydrogens (tertiary/aromatic N) is 1. The number of ether oxygens (including phenoxy) is 1. The molecule has 0 bridgehead atoms. The Labute approximate surface area is 151 Å². The number of aryl methyl sites for hydroxylation is 1. The standard InChI is InChI=1S/C19H22F2N2O3/c1-10(2)26-19(25)16-11(3)17(22-12(16)4)18(24)23(5)9-13-6-7-14(20)15(21)8-13/h6-8,10,22H,9H2,1-5H3. The second-order valence-corrected chi connectivity index (χ2v) is 6.49. The van der Waals surface area contributed by atoms with Gasteiger partial charge in [0.2, 0.25) is 0 Å². The summed E-state index contributed by atoms with van der Waals surface area (Å²) in [5.74, 6) is -2.76. The van der Waals surface area contributed by atoms with Crippen molar-refractivity contribution in [2.45, 2.75) is 40.3 Å². The van der Waals surface area contributed by atoms with Gasteiger partial charge in [0.15, 0.2) is 11.6 Å². The molecule has 0 saturated carbocycles. The second kappa shape index (κ2) is 7.68. The first kappa shape index (κ1) is 19.6. The number of benzene rings is 1. The number of rotatable bonds is 5. The lowest BCUT2D eigenvalue weighted by Gasteiger charge is -2.17. The van der Waals surface area contributed by atoms with E-state index >= 15 is 0 Å². The maximum atomic E-state index is 13.3. The second-order valence-electron chi connectivity index (χ2n) is 6.49. The summed E-state index contributed by atoms with van der Waals surface area (Å²) in [6.07, 6.45) is -0.272. The molecule has 0 aliphatic heterocycles. The number of hydrogen-bond donors (Lipinski definition) is 1. The number of hydrogen-bond acceptors (Lipinski definition) is 3. The van der Waals surface area contributed by atoms with Gasteiger partial charge in [0.1, 0.15) is 5.69 Å². The summed E-state index contributed by atoms with van der Waals surface area (Å²) in [6, 6.07) is 3.49. The van der Waals surface area contributed by atoms with Gasteiger partial charge in [-0.3, -0.25) is 4.79 Å². The van der Waals surface area contributed by atoms with Crippen LogP contribution in [-0.4, -0.2) is 34.9 Å². The minimum absolute atomic E-state index is 0.0965. The van der Waals surface area contributed by atoms with Crippen LogP contribution in [0.3, 0.4) is 0 Å². The Kier molecular flexibility index (Phi) is 5.79. The topological polar surface area (TPSA) is 62.4 Å². The average Bonchev–Trinajstić information content (AvgIpc) is 2.84. The quantitative estimate of drug-likeness (QED) is 0.822. The minimum atomic E-state index is -0.964. The Bertz CT molecular complexity index is 844. The van der Waals surface area contributed by atoms with Crippen molar-refractivity contribution in [2.24, 2.45) is 0 Å². The molecule has 7 heteroatoms. The Morgan fingerprint density at radius 2 is 1.85 bits per heavy atom.